The summed E-state index contributed by atoms with van der Waals surface area (Å²) in [4.78, 5) is 27.6. The lowest BCUT2D eigenvalue weighted by Crippen LogP contribution is -2.22. The van der Waals surface area contributed by atoms with Crippen LogP contribution in [0.1, 0.15) is 16.7 Å². The molecule has 12 heteroatoms. The van der Waals surface area contributed by atoms with Gasteiger partial charge in [-0.1, -0.05) is 24.3 Å². The Balaban J connectivity index is 1.73. The molecule has 3 rings (SSSR count). The molecule has 2 aromatic rings. The molecule has 3 amide bonds. The summed E-state index contributed by atoms with van der Waals surface area (Å²) in [5, 5.41) is 4.08. The van der Waals surface area contributed by atoms with E-state index in [2.05, 4.69) is 10.3 Å². The molecule has 0 atom stereocenters. The van der Waals surface area contributed by atoms with Gasteiger partial charge in [0.05, 0.1) is 21.7 Å². The van der Waals surface area contributed by atoms with Crippen LogP contribution < -0.4 is 10.6 Å². The molecule has 0 bridgehead atoms. The monoisotopic (exact) mass is 459 g/mol. The summed E-state index contributed by atoms with van der Waals surface area (Å²) in [7, 11) is 0. The van der Waals surface area contributed by atoms with Crippen molar-refractivity contribution < 1.29 is 35.9 Å². The number of anilines is 1. The lowest BCUT2D eigenvalue weighted by Gasteiger charge is -2.12. The Morgan fingerprint density at radius 2 is 1.61 bits per heavy atom. The zero-order chi connectivity index (χ0) is 22.8. The minimum absolute atomic E-state index is 0.0435. The molecule has 1 fully saturated rings. The molecule has 2 N–H and O–H groups in total. The average molecular weight is 459 g/mol. The van der Waals surface area contributed by atoms with Crippen molar-refractivity contribution in [1.29, 1.82) is 0 Å². The van der Waals surface area contributed by atoms with E-state index >= 15 is 0 Å². The van der Waals surface area contributed by atoms with Crippen molar-refractivity contribution in [2.75, 3.05) is 5.32 Å². The fourth-order valence-electron chi connectivity index (χ4n) is 2.47. The van der Waals surface area contributed by atoms with Gasteiger partial charge < -0.3 is 10.6 Å². The van der Waals surface area contributed by atoms with Gasteiger partial charge in [0.25, 0.3) is 5.91 Å². The summed E-state index contributed by atoms with van der Waals surface area (Å²) >= 11 is 0.717. The second kappa shape index (κ2) is 8.46. The van der Waals surface area contributed by atoms with Crippen molar-refractivity contribution in [2.24, 2.45) is 4.99 Å². The zero-order valence-corrected chi connectivity index (χ0v) is 16.0. The molecule has 1 saturated heterocycles. The maximum atomic E-state index is 13.0. The van der Waals surface area contributed by atoms with Crippen LogP contribution in [-0.4, -0.2) is 17.1 Å². The highest BCUT2D eigenvalue weighted by Gasteiger charge is 2.34. The molecular formula is C19H11F6N3O2S. The van der Waals surface area contributed by atoms with Gasteiger partial charge >= 0.3 is 18.4 Å². The molecule has 31 heavy (non-hydrogen) atoms. The predicted molar refractivity (Wildman–Crippen MR) is 103 cm³/mol. The molecule has 1 aliphatic heterocycles. The standard InChI is InChI=1S/C19H11F6N3O2S/c20-18(21,22)11-7-5-10(6-8-11)9-14-15(29)27-17(31-14)28-16(30)26-13-4-2-1-3-12(13)19(23,24)25/h1-9H,(H2,26,27,28,29,30)/b14-9+. The van der Waals surface area contributed by atoms with E-state index in [0.29, 0.717) is 5.56 Å². The molecule has 0 unspecified atom stereocenters. The lowest BCUT2D eigenvalue weighted by molar-refractivity contribution is -0.138. The quantitative estimate of drug-likeness (QED) is 0.459. The highest BCUT2D eigenvalue weighted by Crippen LogP contribution is 2.35. The smallest absolute Gasteiger partial charge is 0.305 e. The number of carbonyl (C=O) groups excluding carboxylic acids is 2. The van der Waals surface area contributed by atoms with E-state index in [9.17, 15) is 35.9 Å². The number of thioether (sulfide) groups is 1. The average Bonchev–Trinajstić information content (AvgIpc) is 2.99. The largest absolute Gasteiger partial charge is 0.418 e. The highest BCUT2D eigenvalue weighted by molar-refractivity contribution is 8.18. The molecule has 0 radical (unpaired) electrons. The van der Waals surface area contributed by atoms with E-state index < -0.39 is 41.1 Å². The molecule has 1 aliphatic rings. The van der Waals surface area contributed by atoms with Crippen molar-refractivity contribution in [2.45, 2.75) is 12.4 Å². The zero-order valence-electron chi connectivity index (χ0n) is 15.1. The van der Waals surface area contributed by atoms with Gasteiger partial charge in [0, 0.05) is 0 Å². The number of hydrogen-bond acceptors (Lipinski definition) is 3. The maximum Gasteiger partial charge on any atom is 0.418 e. The third-order valence-corrected chi connectivity index (χ3v) is 4.77. The van der Waals surface area contributed by atoms with E-state index in [1.165, 1.54) is 24.3 Å². The van der Waals surface area contributed by atoms with Gasteiger partial charge in [-0.25, -0.2) is 4.79 Å². The summed E-state index contributed by atoms with van der Waals surface area (Å²) in [6.07, 6.45) is -7.90. The number of para-hydroxylation sites is 1. The Morgan fingerprint density at radius 1 is 0.968 bits per heavy atom. The van der Waals surface area contributed by atoms with E-state index in [1.807, 2.05) is 5.32 Å². The summed E-state index contributed by atoms with van der Waals surface area (Å²) in [5.41, 5.74) is -2.11. The number of nitrogens with one attached hydrogen (secondary N) is 2. The second-order valence-electron chi connectivity index (χ2n) is 6.07. The van der Waals surface area contributed by atoms with Gasteiger partial charge in [0.15, 0.2) is 5.17 Å². The number of nitrogens with zero attached hydrogens (tertiary/aromatic N) is 1. The van der Waals surface area contributed by atoms with Crippen LogP contribution >= 0.6 is 11.8 Å². The van der Waals surface area contributed by atoms with Gasteiger partial charge in [0.1, 0.15) is 0 Å². The molecule has 2 aromatic carbocycles. The SMILES string of the molecule is O=C(/N=C1\NC(=O)/C(=C\c2ccc(C(F)(F)F)cc2)S1)Nc1ccccc1C(F)(F)F. The minimum atomic E-state index is -4.69. The first-order valence-corrected chi connectivity index (χ1v) is 9.19. The van der Waals surface area contributed by atoms with Crippen molar-refractivity contribution in [3.8, 4) is 0 Å². The fraction of sp³-hybridized carbons (Fsp3) is 0.105. The van der Waals surface area contributed by atoms with Crippen LogP contribution in [0.4, 0.5) is 36.8 Å². The van der Waals surface area contributed by atoms with E-state index in [4.69, 9.17) is 0 Å². The number of urea groups is 1. The third-order valence-electron chi connectivity index (χ3n) is 3.86. The number of amidine groups is 1. The number of aliphatic imine (C=N–C) groups is 1. The molecule has 0 saturated carbocycles. The van der Waals surface area contributed by atoms with E-state index in [0.717, 1.165) is 42.1 Å². The molecule has 0 aliphatic carbocycles. The van der Waals surface area contributed by atoms with Crippen molar-refractivity contribution in [1.82, 2.24) is 5.32 Å². The number of rotatable bonds is 2. The van der Waals surface area contributed by atoms with E-state index in [-0.39, 0.29) is 10.1 Å². The Morgan fingerprint density at radius 3 is 2.23 bits per heavy atom. The first-order chi connectivity index (χ1) is 14.4. The van der Waals surface area contributed by atoms with Crippen molar-refractivity contribution >= 4 is 40.6 Å². The lowest BCUT2D eigenvalue weighted by atomic mass is 10.1. The Kier molecular flexibility index (Phi) is 6.11. The highest BCUT2D eigenvalue weighted by atomic mass is 32.2. The normalized spacial score (nSPS) is 17.2. The molecule has 0 spiro atoms. The molecular weight excluding hydrogens is 448 g/mol. The summed E-state index contributed by atoms with van der Waals surface area (Å²) < 4.78 is 76.8. The molecule has 5 nitrogen and oxygen atoms in total. The van der Waals surface area contributed by atoms with Gasteiger partial charge in [-0.2, -0.15) is 31.3 Å². The van der Waals surface area contributed by atoms with Gasteiger partial charge in [-0.05, 0) is 47.7 Å². The maximum absolute atomic E-state index is 13.0. The number of carbonyl (C=O) groups is 2. The molecule has 0 aromatic heterocycles. The van der Waals surface area contributed by atoms with Gasteiger partial charge in [-0.15, -0.1) is 0 Å². The van der Waals surface area contributed by atoms with Crippen molar-refractivity contribution in [3.63, 3.8) is 0 Å². The van der Waals surface area contributed by atoms with Crippen LogP contribution in [0.3, 0.4) is 0 Å². The van der Waals surface area contributed by atoms with Crippen LogP contribution in [0.2, 0.25) is 0 Å². The molecule has 162 valence electrons. The molecule has 1 heterocycles. The van der Waals surface area contributed by atoms with Crippen LogP contribution in [0.5, 0.6) is 0 Å². The predicted octanol–water partition coefficient (Wildman–Crippen LogP) is 5.52. The summed E-state index contributed by atoms with van der Waals surface area (Å²) in [6.45, 7) is 0. The van der Waals surface area contributed by atoms with Crippen LogP contribution in [0.15, 0.2) is 58.4 Å². The van der Waals surface area contributed by atoms with Gasteiger partial charge in [-0.3, -0.25) is 4.79 Å². The topological polar surface area (TPSA) is 70.6 Å². The summed E-state index contributed by atoms with van der Waals surface area (Å²) in [5.74, 6) is -0.660. The van der Waals surface area contributed by atoms with Crippen LogP contribution in [-0.2, 0) is 17.1 Å². The minimum Gasteiger partial charge on any atom is -0.305 e. The van der Waals surface area contributed by atoms with Crippen molar-refractivity contribution in [3.05, 3.63) is 70.1 Å². The number of alkyl halides is 6. The fourth-order valence-corrected chi connectivity index (χ4v) is 3.29. The second-order valence-corrected chi connectivity index (χ2v) is 7.11. The Labute approximate surface area is 175 Å². The Bertz CT molecular complexity index is 1080. The van der Waals surface area contributed by atoms with Gasteiger partial charge in [0.2, 0.25) is 0 Å². The summed E-state index contributed by atoms with van der Waals surface area (Å²) in [6, 6.07) is 7.20. The number of halogens is 6. The Hall–Kier alpha value is -3.28. The first-order valence-electron chi connectivity index (χ1n) is 8.37. The van der Waals surface area contributed by atoms with Crippen LogP contribution in [0, 0.1) is 0 Å². The number of benzene rings is 2. The number of amides is 3. The van der Waals surface area contributed by atoms with Crippen LogP contribution in [0.25, 0.3) is 6.08 Å². The number of hydrogen-bond donors (Lipinski definition) is 2. The first kappa shape index (κ1) is 22.4. The third kappa shape index (κ3) is 5.66. The van der Waals surface area contributed by atoms with E-state index in [1.54, 1.807) is 0 Å².